The van der Waals surface area contributed by atoms with E-state index in [9.17, 15) is 4.79 Å². The van der Waals surface area contributed by atoms with Gasteiger partial charge < -0.3 is 14.7 Å². The summed E-state index contributed by atoms with van der Waals surface area (Å²) in [6.45, 7) is 3.40. The average molecular weight is 287 g/mol. The molecule has 7 heteroatoms. The highest BCUT2D eigenvalue weighted by Crippen LogP contribution is 2.15. The van der Waals surface area contributed by atoms with Crippen LogP contribution in [0.5, 0.6) is 0 Å². The molecule has 1 amide bonds. The molecule has 1 saturated heterocycles. The minimum absolute atomic E-state index is 0.0449. The van der Waals surface area contributed by atoms with E-state index in [1.54, 1.807) is 25.3 Å². The number of piperidine rings is 1. The summed E-state index contributed by atoms with van der Waals surface area (Å²) in [7, 11) is 0. The molecule has 0 bridgehead atoms. The average Bonchev–Trinajstić information content (AvgIpc) is 2.93. The molecule has 110 valence electrons. The Kier molecular flexibility index (Phi) is 3.81. The predicted molar refractivity (Wildman–Crippen MR) is 76.3 cm³/mol. The number of aromatic nitrogens is 3. The summed E-state index contributed by atoms with van der Waals surface area (Å²) in [6.07, 6.45) is 4.87. The van der Waals surface area contributed by atoms with Crippen molar-refractivity contribution in [3.63, 3.8) is 0 Å². The number of carbonyl (C=O) groups is 1. The number of rotatable bonds is 3. The third kappa shape index (κ3) is 3.18. The third-order valence-corrected chi connectivity index (χ3v) is 3.39. The smallest absolute Gasteiger partial charge is 0.272 e. The summed E-state index contributed by atoms with van der Waals surface area (Å²) in [4.78, 5) is 22.6. The van der Waals surface area contributed by atoms with E-state index >= 15 is 0 Å². The fourth-order valence-corrected chi connectivity index (χ4v) is 2.34. The Balaban J connectivity index is 1.74. The van der Waals surface area contributed by atoms with E-state index < -0.39 is 0 Å². The number of aryl methyl sites for hydroxylation is 1. The number of anilines is 2. The summed E-state index contributed by atoms with van der Waals surface area (Å²) in [5.41, 5.74) is 0.398. The number of amides is 1. The Morgan fingerprint density at radius 3 is 2.86 bits per heavy atom. The van der Waals surface area contributed by atoms with Gasteiger partial charge in [0.25, 0.3) is 5.91 Å². The number of likely N-dealkylation sites (tertiary alicyclic amines) is 1. The first-order valence-electron chi connectivity index (χ1n) is 7.05. The van der Waals surface area contributed by atoms with E-state index in [0.29, 0.717) is 23.2 Å². The molecule has 3 rings (SSSR count). The maximum Gasteiger partial charge on any atom is 0.272 e. The normalized spacial score (nSPS) is 15.0. The molecule has 0 atom stereocenters. The monoisotopic (exact) mass is 287 g/mol. The van der Waals surface area contributed by atoms with Crippen molar-refractivity contribution in [2.45, 2.75) is 26.2 Å². The van der Waals surface area contributed by atoms with Crippen molar-refractivity contribution in [3.05, 3.63) is 29.8 Å². The molecule has 0 radical (unpaired) electrons. The lowest BCUT2D eigenvalue weighted by molar-refractivity contribution is 0.0718. The lowest BCUT2D eigenvalue weighted by Gasteiger charge is -2.26. The fourth-order valence-electron chi connectivity index (χ4n) is 2.34. The second-order valence-corrected chi connectivity index (χ2v) is 5.07. The molecule has 0 spiro atoms. The topological polar surface area (TPSA) is 84.2 Å². The Morgan fingerprint density at radius 1 is 1.33 bits per heavy atom. The van der Waals surface area contributed by atoms with Gasteiger partial charge in [0.05, 0.1) is 0 Å². The molecular weight excluding hydrogens is 270 g/mol. The molecule has 2 aromatic heterocycles. The van der Waals surface area contributed by atoms with Gasteiger partial charge in [-0.15, -0.1) is 0 Å². The van der Waals surface area contributed by atoms with Crippen molar-refractivity contribution in [3.8, 4) is 0 Å². The number of nitrogens with one attached hydrogen (secondary N) is 1. The zero-order valence-corrected chi connectivity index (χ0v) is 11.9. The van der Waals surface area contributed by atoms with E-state index in [2.05, 4.69) is 20.4 Å². The van der Waals surface area contributed by atoms with Crippen LogP contribution < -0.4 is 5.32 Å². The van der Waals surface area contributed by atoms with Crippen LogP contribution in [0.1, 0.15) is 35.5 Å². The molecule has 1 N–H and O–H groups in total. The first kappa shape index (κ1) is 13.5. The molecule has 1 aliphatic heterocycles. The minimum Gasteiger partial charge on any atom is -0.360 e. The summed E-state index contributed by atoms with van der Waals surface area (Å²) in [5, 5.41) is 6.74. The van der Waals surface area contributed by atoms with Crippen LogP contribution in [0.2, 0.25) is 0 Å². The van der Waals surface area contributed by atoms with Gasteiger partial charge in [0.1, 0.15) is 11.5 Å². The molecule has 21 heavy (non-hydrogen) atoms. The number of hydrogen-bond acceptors (Lipinski definition) is 6. The van der Waals surface area contributed by atoms with Gasteiger partial charge >= 0.3 is 0 Å². The maximum absolute atomic E-state index is 12.4. The second kappa shape index (κ2) is 5.90. The summed E-state index contributed by atoms with van der Waals surface area (Å²) < 4.78 is 4.97. The lowest BCUT2D eigenvalue weighted by atomic mass is 10.1. The van der Waals surface area contributed by atoms with Gasteiger partial charge in [-0.2, -0.15) is 0 Å². The van der Waals surface area contributed by atoms with E-state index in [1.807, 2.05) is 4.90 Å². The molecule has 7 nitrogen and oxygen atoms in total. The molecule has 2 aromatic rings. The van der Waals surface area contributed by atoms with Gasteiger partial charge in [-0.1, -0.05) is 5.16 Å². The molecule has 1 aliphatic rings. The van der Waals surface area contributed by atoms with E-state index in [4.69, 9.17) is 4.52 Å². The zero-order valence-electron chi connectivity index (χ0n) is 11.9. The van der Waals surface area contributed by atoms with Crippen LogP contribution in [-0.2, 0) is 0 Å². The molecule has 1 fully saturated rings. The molecule has 3 heterocycles. The van der Waals surface area contributed by atoms with E-state index in [0.717, 1.165) is 25.9 Å². The Bertz CT molecular complexity index is 634. The fraction of sp³-hybridized carbons (Fsp3) is 0.429. The third-order valence-electron chi connectivity index (χ3n) is 3.39. The van der Waals surface area contributed by atoms with Gasteiger partial charge in [0.15, 0.2) is 5.82 Å². The second-order valence-electron chi connectivity index (χ2n) is 5.07. The van der Waals surface area contributed by atoms with Crippen LogP contribution in [0, 0.1) is 6.92 Å². The van der Waals surface area contributed by atoms with Crippen molar-refractivity contribution in [2.24, 2.45) is 0 Å². The summed E-state index contributed by atoms with van der Waals surface area (Å²) in [5.74, 6) is 1.51. The van der Waals surface area contributed by atoms with Crippen LogP contribution >= 0.6 is 0 Å². The largest absolute Gasteiger partial charge is 0.360 e. The Morgan fingerprint density at radius 2 is 2.14 bits per heavy atom. The number of hydrogen-bond donors (Lipinski definition) is 1. The minimum atomic E-state index is -0.0449. The van der Waals surface area contributed by atoms with E-state index in [1.165, 1.54) is 6.42 Å². The van der Waals surface area contributed by atoms with Crippen molar-refractivity contribution in [1.82, 2.24) is 20.0 Å². The standard InChI is InChI=1S/C14H17N5O2/c1-10-9-12(18-21-10)17-14-15-6-5-11(16-14)13(20)19-7-3-2-4-8-19/h5-6,9H,2-4,7-8H2,1H3,(H,15,16,17,18). The van der Waals surface area contributed by atoms with Crippen LogP contribution in [-0.4, -0.2) is 39.0 Å². The van der Waals surface area contributed by atoms with Crippen LogP contribution in [0.4, 0.5) is 11.8 Å². The van der Waals surface area contributed by atoms with Crippen LogP contribution in [0.25, 0.3) is 0 Å². The SMILES string of the molecule is Cc1cc(Nc2nccc(C(=O)N3CCCCC3)n2)no1. The Hall–Kier alpha value is -2.44. The summed E-state index contributed by atoms with van der Waals surface area (Å²) in [6, 6.07) is 3.37. The van der Waals surface area contributed by atoms with Crippen LogP contribution in [0.15, 0.2) is 22.9 Å². The van der Waals surface area contributed by atoms with E-state index in [-0.39, 0.29) is 5.91 Å². The predicted octanol–water partition coefficient (Wildman–Crippen LogP) is 2.14. The molecule has 0 saturated carbocycles. The van der Waals surface area contributed by atoms with Crippen molar-refractivity contribution in [2.75, 3.05) is 18.4 Å². The van der Waals surface area contributed by atoms with Gasteiger partial charge in [-0.25, -0.2) is 9.97 Å². The molecule has 0 unspecified atom stereocenters. The highest BCUT2D eigenvalue weighted by atomic mass is 16.5. The van der Waals surface area contributed by atoms with Crippen molar-refractivity contribution < 1.29 is 9.32 Å². The first-order chi connectivity index (χ1) is 10.2. The summed E-state index contributed by atoms with van der Waals surface area (Å²) >= 11 is 0. The van der Waals surface area contributed by atoms with Crippen molar-refractivity contribution >= 4 is 17.7 Å². The molecule has 0 aliphatic carbocycles. The molecular formula is C14H17N5O2. The zero-order chi connectivity index (χ0) is 14.7. The Labute approximate surface area is 122 Å². The number of nitrogens with zero attached hydrogens (tertiary/aromatic N) is 4. The maximum atomic E-state index is 12.4. The highest BCUT2D eigenvalue weighted by molar-refractivity contribution is 5.92. The van der Waals surface area contributed by atoms with Gasteiger partial charge in [-0.05, 0) is 32.3 Å². The van der Waals surface area contributed by atoms with Crippen LogP contribution in [0.3, 0.4) is 0 Å². The van der Waals surface area contributed by atoms with Gasteiger partial charge in [0.2, 0.25) is 5.95 Å². The quantitative estimate of drug-likeness (QED) is 0.931. The first-order valence-corrected chi connectivity index (χ1v) is 7.05. The van der Waals surface area contributed by atoms with Gasteiger partial charge in [0, 0.05) is 25.4 Å². The van der Waals surface area contributed by atoms with Gasteiger partial charge in [-0.3, -0.25) is 4.79 Å². The highest BCUT2D eigenvalue weighted by Gasteiger charge is 2.19. The molecule has 0 aromatic carbocycles. The van der Waals surface area contributed by atoms with Crippen molar-refractivity contribution in [1.29, 1.82) is 0 Å². The lowest BCUT2D eigenvalue weighted by Crippen LogP contribution is -2.36. The number of carbonyl (C=O) groups excluding carboxylic acids is 1.